The van der Waals surface area contributed by atoms with Gasteiger partial charge >= 0.3 is 6.03 Å². The van der Waals surface area contributed by atoms with Gasteiger partial charge in [0.2, 0.25) is 5.88 Å². The van der Waals surface area contributed by atoms with Crippen molar-refractivity contribution in [3.63, 3.8) is 0 Å². The van der Waals surface area contributed by atoms with Crippen LogP contribution >= 0.6 is 0 Å². The molecule has 5 heteroatoms. The van der Waals surface area contributed by atoms with Crippen LogP contribution in [0, 0.1) is 0 Å². The van der Waals surface area contributed by atoms with Crippen molar-refractivity contribution in [2.24, 2.45) is 0 Å². The summed E-state index contributed by atoms with van der Waals surface area (Å²) in [4.78, 5) is 18.0. The predicted octanol–water partition coefficient (Wildman–Crippen LogP) is 2.18. The Morgan fingerprint density at radius 3 is 2.63 bits per heavy atom. The van der Waals surface area contributed by atoms with Crippen molar-refractivity contribution in [3.8, 4) is 5.88 Å². The Bertz CT molecular complexity index is 398. The minimum absolute atomic E-state index is 0.0257. The zero-order valence-electron chi connectivity index (χ0n) is 11.4. The number of nitrogens with one attached hydrogen (secondary N) is 1. The molecule has 1 aromatic rings. The van der Waals surface area contributed by atoms with E-state index in [9.17, 15) is 4.79 Å². The van der Waals surface area contributed by atoms with E-state index in [0.717, 1.165) is 31.5 Å². The van der Waals surface area contributed by atoms with Gasteiger partial charge in [-0.1, -0.05) is 18.9 Å². The topological polar surface area (TPSA) is 54.5 Å². The van der Waals surface area contributed by atoms with Crippen molar-refractivity contribution < 1.29 is 9.53 Å². The van der Waals surface area contributed by atoms with E-state index in [0.29, 0.717) is 12.4 Å². The maximum Gasteiger partial charge on any atom is 0.317 e. The van der Waals surface area contributed by atoms with Crippen LogP contribution in [0.2, 0.25) is 0 Å². The standard InChI is InChI=1S/C14H21N3O2/c1-19-13-7-6-12(10-15-13)11-16-14(18)17-8-4-2-3-5-9-17/h6-7,10H,2-5,8-9,11H2,1H3,(H,16,18). The molecule has 0 spiro atoms. The van der Waals surface area contributed by atoms with E-state index in [-0.39, 0.29) is 6.03 Å². The average Bonchev–Trinajstić information content (AvgIpc) is 2.74. The van der Waals surface area contributed by atoms with Crippen molar-refractivity contribution in [2.75, 3.05) is 20.2 Å². The van der Waals surface area contributed by atoms with Crippen LogP contribution in [0.4, 0.5) is 4.79 Å². The van der Waals surface area contributed by atoms with Crippen LogP contribution in [0.25, 0.3) is 0 Å². The minimum Gasteiger partial charge on any atom is -0.481 e. The Morgan fingerprint density at radius 2 is 2.05 bits per heavy atom. The van der Waals surface area contributed by atoms with Gasteiger partial charge in [0.25, 0.3) is 0 Å². The first-order valence-electron chi connectivity index (χ1n) is 6.81. The number of carbonyl (C=O) groups excluding carboxylic acids is 1. The van der Waals surface area contributed by atoms with Crippen molar-refractivity contribution in [1.82, 2.24) is 15.2 Å². The molecule has 0 saturated carbocycles. The Balaban J connectivity index is 1.81. The van der Waals surface area contributed by atoms with Crippen LogP contribution in [0.1, 0.15) is 31.2 Å². The fourth-order valence-electron chi connectivity index (χ4n) is 2.20. The van der Waals surface area contributed by atoms with E-state index < -0.39 is 0 Å². The molecular weight excluding hydrogens is 242 g/mol. The van der Waals surface area contributed by atoms with Gasteiger partial charge in [-0.25, -0.2) is 9.78 Å². The molecule has 1 N–H and O–H groups in total. The molecule has 0 atom stereocenters. The molecule has 1 aromatic heterocycles. The fourth-order valence-corrected chi connectivity index (χ4v) is 2.20. The molecule has 2 heterocycles. The highest BCUT2D eigenvalue weighted by Crippen LogP contribution is 2.10. The summed E-state index contributed by atoms with van der Waals surface area (Å²) in [6.45, 7) is 2.24. The van der Waals surface area contributed by atoms with Gasteiger partial charge in [0.05, 0.1) is 7.11 Å². The molecule has 5 nitrogen and oxygen atoms in total. The second-order valence-electron chi connectivity index (χ2n) is 4.77. The van der Waals surface area contributed by atoms with Crippen LogP contribution in [0.15, 0.2) is 18.3 Å². The molecule has 104 valence electrons. The van der Waals surface area contributed by atoms with E-state index in [1.54, 1.807) is 19.4 Å². The zero-order valence-corrected chi connectivity index (χ0v) is 11.4. The number of urea groups is 1. The Labute approximate surface area is 114 Å². The summed E-state index contributed by atoms with van der Waals surface area (Å²) in [6, 6.07) is 3.74. The van der Waals surface area contributed by atoms with E-state index in [2.05, 4.69) is 10.3 Å². The number of nitrogens with zero attached hydrogens (tertiary/aromatic N) is 2. The molecule has 1 aliphatic rings. The number of rotatable bonds is 3. The lowest BCUT2D eigenvalue weighted by Crippen LogP contribution is -2.40. The zero-order chi connectivity index (χ0) is 13.5. The second kappa shape index (κ2) is 6.97. The van der Waals surface area contributed by atoms with Crippen LogP contribution in [0.3, 0.4) is 0 Å². The van der Waals surface area contributed by atoms with Gasteiger partial charge in [-0.15, -0.1) is 0 Å². The van der Waals surface area contributed by atoms with Crippen LogP contribution < -0.4 is 10.1 Å². The fraction of sp³-hybridized carbons (Fsp3) is 0.571. The smallest absolute Gasteiger partial charge is 0.317 e. The number of hydrogen-bond acceptors (Lipinski definition) is 3. The van der Waals surface area contributed by atoms with Crippen LogP contribution in [0.5, 0.6) is 5.88 Å². The highest BCUT2D eigenvalue weighted by molar-refractivity contribution is 5.74. The Hall–Kier alpha value is -1.78. The molecule has 0 aromatic carbocycles. The first kappa shape index (κ1) is 13.6. The molecule has 0 aliphatic carbocycles. The minimum atomic E-state index is 0.0257. The summed E-state index contributed by atoms with van der Waals surface area (Å²) >= 11 is 0. The number of methoxy groups -OCH3 is 1. The molecule has 0 unspecified atom stereocenters. The third-order valence-corrected chi connectivity index (χ3v) is 3.34. The summed E-state index contributed by atoms with van der Waals surface area (Å²) in [5.41, 5.74) is 0.976. The van der Waals surface area contributed by atoms with Crippen molar-refractivity contribution in [1.29, 1.82) is 0 Å². The molecule has 2 rings (SSSR count). The molecule has 0 bridgehead atoms. The number of amides is 2. The Morgan fingerprint density at radius 1 is 1.32 bits per heavy atom. The number of carbonyl (C=O) groups is 1. The van der Waals surface area contributed by atoms with Gasteiger partial charge in [0.1, 0.15) is 0 Å². The van der Waals surface area contributed by atoms with Gasteiger partial charge in [0, 0.05) is 31.9 Å². The first-order valence-corrected chi connectivity index (χ1v) is 6.81. The molecule has 1 saturated heterocycles. The number of hydrogen-bond donors (Lipinski definition) is 1. The van der Waals surface area contributed by atoms with Crippen LogP contribution in [-0.4, -0.2) is 36.1 Å². The maximum absolute atomic E-state index is 12.0. The summed E-state index contributed by atoms with van der Waals surface area (Å²) in [7, 11) is 1.59. The second-order valence-corrected chi connectivity index (χ2v) is 4.77. The summed E-state index contributed by atoms with van der Waals surface area (Å²) in [5, 5.41) is 2.94. The van der Waals surface area contributed by atoms with Gasteiger partial charge in [-0.05, 0) is 18.4 Å². The monoisotopic (exact) mass is 263 g/mol. The lowest BCUT2D eigenvalue weighted by Gasteiger charge is -2.20. The molecule has 1 aliphatic heterocycles. The maximum atomic E-state index is 12.0. The number of ether oxygens (including phenoxy) is 1. The van der Waals surface area contributed by atoms with E-state index >= 15 is 0 Å². The lowest BCUT2D eigenvalue weighted by molar-refractivity contribution is 0.199. The quantitative estimate of drug-likeness (QED) is 0.909. The van der Waals surface area contributed by atoms with Gasteiger partial charge in [0.15, 0.2) is 0 Å². The SMILES string of the molecule is COc1ccc(CNC(=O)N2CCCCCC2)cn1. The number of likely N-dealkylation sites (tertiary alicyclic amines) is 1. The van der Waals surface area contributed by atoms with E-state index in [1.807, 2.05) is 11.0 Å². The predicted molar refractivity (Wildman–Crippen MR) is 73.1 cm³/mol. The van der Waals surface area contributed by atoms with Crippen molar-refractivity contribution >= 4 is 6.03 Å². The number of aromatic nitrogens is 1. The lowest BCUT2D eigenvalue weighted by atomic mass is 10.2. The van der Waals surface area contributed by atoms with Crippen molar-refractivity contribution in [3.05, 3.63) is 23.9 Å². The van der Waals surface area contributed by atoms with E-state index in [4.69, 9.17) is 4.74 Å². The molecule has 0 radical (unpaired) electrons. The number of pyridine rings is 1. The summed E-state index contributed by atoms with van der Waals surface area (Å²) < 4.78 is 5.00. The molecule has 1 fully saturated rings. The highest BCUT2D eigenvalue weighted by atomic mass is 16.5. The summed E-state index contributed by atoms with van der Waals surface area (Å²) in [6.07, 6.45) is 6.40. The average molecular weight is 263 g/mol. The largest absolute Gasteiger partial charge is 0.481 e. The molecule has 19 heavy (non-hydrogen) atoms. The summed E-state index contributed by atoms with van der Waals surface area (Å²) in [5.74, 6) is 0.586. The van der Waals surface area contributed by atoms with Crippen molar-refractivity contribution in [2.45, 2.75) is 32.2 Å². The third kappa shape index (κ3) is 4.12. The normalized spacial score (nSPS) is 15.7. The highest BCUT2D eigenvalue weighted by Gasteiger charge is 2.14. The molecular formula is C14H21N3O2. The van der Waals surface area contributed by atoms with Gasteiger partial charge < -0.3 is 15.0 Å². The Kier molecular flexibility index (Phi) is 5.01. The molecule has 2 amide bonds. The van der Waals surface area contributed by atoms with Crippen LogP contribution in [-0.2, 0) is 6.54 Å². The van der Waals surface area contributed by atoms with Gasteiger partial charge in [-0.3, -0.25) is 0 Å². The van der Waals surface area contributed by atoms with E-state index in [1.165, 1.54) is 12.8 Å². The third-order valence-electron chi connectivity index (χ3n) is 3.34. The first-order chi connectivity index (χ1) is 9.29. The van der Waals surface area contributed by atoms with Gasteiger partial charge in [-0.2, -0.15) is 0 Å².